The fourth-order valence-corrected chi connectivity index (χ4v) is 5.00. The summed E-state index contributed by atoms with van der Waals surface area (Å²) in [6.45, 7) is -0.951. The Labute approximate surface area is 208 Å². The van der Waals surface area contributed by atoms with Gasteiger partial charge in [-0.1, -0.05) is 0 Å². The van der Waals surface area contributed by atoms with Gasteiger partial charge in [-0.25, -0.2) is 9.50 Å². The summed E-state index contributed by atoms with van der Waals surface area (Å²) in [5.74, 6) is -0.595. The standard InChI is InChI=1S/C24H24F3N5O5/c25-24(26,27)19(33)12-36-14-3-4-18-17(10-30-32(18)11-14)21(35)31-13-6-23(7-13)8-15(9-23)37-22-16(20(28)34)2-1-5-29-22/h1-5,10-11,13,15,19,33H,6-9,12H2,(H2,28,34)(H,31,35). The minimum atomic E-state index is -4.78. The normalized spacial score (nSPS) is 23.7. The fraction of sp³-hybridized carbons (Fsp3) is 0.417. The smallest absolute Gasteiger partial charge is 0.417 e. The minimum Gasteiger partial charge on any atom is -0.489 e. The van der Waals surface area contributed by atoms with Crippen molar-refractivity contribution >= 4 is 17.3 Å². The van der Waals surface area contributed by atoms with Crippen LogP contribution in [0.5, 0.6) is 11.6 Å². The predicted molar refractivity (Wildman–Crippen MR) is 122 cm³/mol. The topological polar surface area (TPSA) is 141 Å². The number of hydrogen-bond donors (Lipinski definition) is 3. The molecule has 196 valence electrons. The van der Waals surface area contributed by atoms with Gasteiger partial charge in [-0.2, -0.15) is 18.3 Å². The molecule has 2 amide bonds. The third kappa shape index (κ3) is 5.03. The Morgan fingerprint density at radius 2 is 1.97 bits per heavy atom. The number of pyridine rings is 2. The molecule has 2 aliphatic carbocycles. The number of nitrogens with two attached hydrogens (primary N) is 1. The van der Waals surface area contributed by atoms with Crippen molar-refractivity contribution in [2.75, 3.05) is 6.61 Å². The highest BCUT2D eigenvalue weighted by atomic mass is 19.4. The van der Waals surface area contributed by atoms with E-state index in [0.717, 1.165) is 25.7 Å². The Kier molecular flexibility index (Phi) is 6.18. The molecule has 2 saturated carbocycles. The van der Waals surface area contributed by atoms with Crippen LogP contribution in [0.3, 0.4) is 0 Å². The van der Waals surface area contributed by atoms with Gasteiger partial charge in [0, 0.05) is 12.2 Å². The molecule has 10 nitrogen and oxygen atoms in total. The van der Waals surface area contributed by atoms with Gasteiger partial charge in [-0.3, -0.25) is 9.59 Å². The summed E-state index contributed by atoms with van der Waals surface area (Å²) >= 11 is 0. The van der Waals surface area contributed by atoms with Gasteiger partial charge in [0.1, 0.15) is 24.0 Å². The predicted octanol–water partition coefficient (Wildman–Crippen LogP) is 2.25. The Morgan fingerprint density at radius 3 is 2.68 bits per heavy atom. The highest BCUT2D eigenvalue weighted by Gasteiger charge is 2.54. The SMILES string of the molecule is NC(=O)c1cccnc1OC1CC2(CC(NC(=O)c3cnn4cc(OCC(O)C(F)(F)F)ccc34)C2)C1. The maximum atomic E-state index is 12.8. The number of amides is 2. The van der Waals surface area contributed by atoms with E-state index in [2.05, 4.69) is 15.4 Å². The van der Waals surface area contributed by atoms with Gasteiger partial charge in [-0.15, -0.1) is 0 Å². The van der Waals surface area contributed by atoms with Crippen LogP contribution in [0.25, 0.3) is 5.52 Å². The van der Waals surface area contributed by atoms with Crippen LogP contribution in [0.2, 0.25) is 0 Å². The van der Waals surface area contributed by atoms with E-state index in [4.69, 9.17) is 20.3 Å². The summed E-state index contributed by atoms with van der Waals surface area (Å²) in [6, 6.07) is 6.11. The first kappa shape index (κ1) is 24.8. The van der Waals surface area contributed by atoms with Gasteiger partial charge >= 0.3 is 6.18 Å². The number of rotatable bonds is 8. The van der Waals surface area contributed by atoms with Crippen molar-refractivity contribution in [1.29, 1.82) is 0 Å². The van der Waals surface area contributed by atoms with E-state index in [1.807, 2.05) is 0 Å². The third-order valence-electron chi connectivity index (χ3n) is 6.85. The van der Waals surface area contributed by atoms with Crippen molar-refractivity contribution in [1.82, 2.24) is 19.9 Å². The number of nitrogens with one attached hydrogen (secondary N) is 1. The lowest BCUT2D eigenvalue weighted by atomic mass is 9.53. The van der Waals surface area contributed by atoms with E-state index in [0.29, 0.717) is 11.1 Å². The monoisotopic (exact) mass is 519 g/mol. The summed E-state index contributed by atoms with van der Waals surface area (Å²) in [6.07, 6.45) is -0.0274. The van der Waals surface area contributed by atoms with Crippen LogP contribution in [0.15, 0.2) is 42.9 Å². The zero-order valence-electron chi connectivity index (χ0n) is 19.4. The molecule has 0 aliphatic heterocycles. The summed E-state index contributed by atoms with van der Waals surface area (Å²) in [7, 11) is 0. The van der Waals surface area contributed by atoms with E-state index >= 15 is 0 Å². The molecule has 3 aromatic heterocycles. The molecule has 2 aliphatic rings. The second kappa shape index (κ2) is 9.21. The van der Waals surface area contributed by atoms with Crippen LogP contribution >= 0.6 is 0 Å². The number of halogens is 3. The molecule has 0 bridgehead atoms. The minimum absolute atomic E-state index is 0.00843. The molecular formula is C24H24F3N5O5. The van der Waals surface area contributed by atoms with Gasteiger partial charge in [0.25, 0.3) is 11.8 Å². The van der Waals surface area contributed by atoms with Crippen molar-refractivity contribution in [3.05, 3.63) is 54.0 Å². The van der Waals surface area contributed by atoms with E-state index < -0.39 is 24.8 Å². The average molecular weight is 519 g/mol. The van der Waals surface area contributed by atoms with Gasteiger partial charge < -0.3 is 25.6 Å². The van der Waals surface area contributed by atoms with E-state index in [1.54, 1.807) is 12.1 Å². The highest BCUT2D eigenvalue weighted by Crippen LogP contribution is 2.56. The average Bonchev–Trinajstić information content (AvgIpc) is 3.22. The van der Waals surface area contributed by atoms with Crippen LogP contribution < -0.4 is 20.5 Å². The quantitative estimate of drug-likeness (QED) is 0.415. The zero-order chi connectivity index (χ0) is 26.4. The molecule has 1 spiro atoms. The lowest BCUT2D eigenvalue weighted by Crippen LogP contribution is -2.58. The number of primary amides is 1. The molecule has 13 heteroatoms. The molecule has 2 fully saturated rings. The van der Waals surface area contributed by atoms with Gasteiger partial charge in [0.2, 0.25) is 5.88 Å². The third-order valence-corrected chi connectivity index (χ3v) is 6.85. The van der Waals surface area contributed by atoms with Crippen LogP contribution in [-0.2, 0) is 0 Å². The Balaban J connectivity index is 1.12. The van der Waals surface area contributed by atoms with Gasteiger partial charge in [0.05, 0.1) is 23.5 Å². The molecular weight excluding hydrogens is 495 g/mol. The number of alkyl halides is 3. The number of aliphatic hydroxyl groups excluding tert-OH is 1. The number of carbonyl (C=O) groups is 2. The van der Waals surface area contributed by atoms with E-state index in [-0.39, 0.29) is 40.7 Å². The van der Waals surface area contributed by atoms with Crippen molar-refractivity contribution in [2.45, 2.75) is 50.1 Å². The zero-order valence-corrected chi connectivity index (χ0v) is 19.4. The van der Waals surface area contributed by atoms with Crippen molar-refractivity contribution in [2.24, 2.45) is 11.1 Å². The Bertz CT molecular complexity index is 1330. The highest BCUT2D eigenvalue weighted by molar-refractivity contribution is 6.00. The second-order valence-electron chi connectivity index (χ2n) is 9.57. The molecule has 37 heavy (non-hydrogen) atoms. The number of aliphatic hydroxyl groups is 1. The molecule has 0 saturated heterocycles. The molecule has 4 N–H and O–H groups in total. The van der Waals surface area contributed by atoms with Crippen LogP contribution in [0.1, 0.15) is 46.4 Å². The molecule has 3 aromatic rings. The summed E-state index contributed by atoms with van der Waals surface area (Å²) in [5.41, 5.74) is 6.48. The second-order valence-corrected chi connectivity index (χ2v) is 9.57. The first-order valence-corrected chi connectivity index (χ1v) is 11.6. The Hall–Kier alpha value is -3.87. The number of ether oxygens (including phenoxy) is 2. The Morgan fingerprint density at radius 1 is 1.22 bits per heavy atom. The number of hydrogen-bond acceptors (Lipinski definition) is 7. The first-order valence-electron chi connectivity index (χ1n) is 11.6. The number of fused-ring (bicyclic) bond motifs is 1. The molecule has 0 radical (unpaired) electrons. The van der Waals surface area contributed by atoms with Crippen molar-refractivity contribution in [3.8, 4) is 11.6 Å². The fourth-order valence-electron chi connectivity index (χ4n) is 5.00. The number of nitrogens with zero attached hydrogens (tertiary/aromatic N) is 3. The van der Waals surface area contributed by atoms with E-state index in [1.165, 1.54) is 35.2 Å². The van der Waals surface area contributed by atoms with Gasteiger partial charge in [-0.05, 0) is 55.4 Å². The van der Waals surface area contributed by atoms with Crippen molar-refractivity contribution in [3.63, 3.8) is 0 Å². The van der Waals surface area contributed by atoms with Crippen LogP contribution in [0.4, 0.5) is 13.2 Å². The number of carbonyl (C=O) groups excluding carboxylic acids is 2. The van der Waals surface area contributed by atoms with Gasteiger partial charge in [0.15, 0.2) is 6.10 Å². The van der Waals surface area contributed by atoms with Crippen molar-refractivity contribution < 1.29 is 37.3 Å². The number of aromatic nitrogens is 3. The molecule has 3 heterocycles. The maximum absolute atomic E-state index is 12.8. The van der Waals surface area contributed by atoms with Crippen LogP contribution in [-0.4, -0.2) is 62.6 Å². The summed E-state index contributed by atoms with van der Waals surface area (Å²) in [4.78, 5) is 28.5. The largest absolute Gasteiger partial charge is 0.489 e. The van der Waals surface area contributed by atoms with E-state index in [9.17, 15) is 22.8 Å². The lowest BCUT2D eigenvalue weighted by molar-refractivity contribution is -0.210. The summed E-state index contributed by atoms with van der Waals surface area (Å²) in [5, 5.41) is 16.2. The summed E-state index contributed by atoms with van der Waals surface area (Å²) < 4.78 is 49.5. The molecule has 1 atom stereocenters. The molecule has 5 rings (SSSR count). The molecule has 0 aromatic carbocycles. The maximum Gasteiger partial charge on any atom is 0.417 e. The van der Waals surface area contributed by atoms with Crippen LogP contribution in [0, 0.1) is 5.41 Å². The first-order chi connectivity index (χ1) is 17.5. The lowest BCUT2D eigenvalue weighted by Gasteiger charge is -2.57. The molecule has 1 unspecified atom stereocenters.